The van der Waals surface area contributed by atoms with Gasteiger partial charge in [-0.1, -0.05) is 0 Å². The summed E-state index contributed by atoms with van der Waals surface area (Å²) in [5, 5.41) is 0.697. The van der Waals surface area contributed by atoms with Crippen LogP contribution in [0.3, 0.4) is 0 Å². The van der Waals surface area contributed by atoms with Crippen LogP contribution >= 0.6 is 11.3 Å². The maximum absolute atomic E-state index is 13.8. The number of fused-ring (bicyclic) bond motifs is 1. The molecule has 0 atom stereocenters. The molecular weight excluding hydrogens is 481 g/mol. The van der Waals surface area contributed by atoms with Gasteiger partial charge in [-0.2, -0.15) is 4.68 Å². The number of aromatic nitrogens is 2. The van der Waals surface area contributed by atoms with Gasteiger partial charge in [0.05, 0.1) is 29.5 Å². The number of amides is 1. The summed E-state index contributed by atoms with van der Waals surface area (Å²) in [6.45, 7) is 5.76. The van der Waals surface area contributed by atoms with Gasteiger partial charge in [-0.05, 0) is 51.5 Å². The number of carbonyl (C=O) groups is 3. The lowest BCUT2D eigenvalue weighted by Crippen LogP contribution is -2.54. The largest absolute Gasteiger partial charge is 0.496 e. The van der Waals surface area contributed by atoms with E-state index in [0.717, 1.165) is 28.0 Å². The number of aldehydes is 1. The predicted molar refractivity (Wildman–Crippen MR) is 128 cm³/mol. The molecule has 12 heteroatoms. The van der Waals surface area contributed by atoms with Crippen molar-refractivity contribution in [1.82, 2.24) is 9.24 Å². The highest BCUT2D eigenvalue weighted by molar-refractivity contribution is 7.20. The number of rotatable bonds is 6. The Hall–Kier alpha value is -3.80. The molecule has 0 N–H and O–H groups in total. The summed E-state index contributed by atoms with van der Waals surface area (Å²) < 4.78 is 25.8. The number of hydrogen-bond donors (Lipinski definition) is 0. The summed E-state index contributed by atoms with van der Waals surface area (Å²) in [6, 6.07) is 3.37. The van der Waals surface area contributed by atoms with Gasteiger partial charge in [-0.3, -0.25) is 19.0 Å². The highest BCUT2D eigenvalue weighted by atomic mass is 32.1. The Labute approximate surface area is 203 Å². The molecule has 1 aromatic carbocycles. The first-order valence-corrected chi connectivity index (χ1v) is 11.2. The molecule has 3 rings (SSSR count). The van der Waals surface area contributed by atoms with Crippen molar-refractivity contribution < 1.29 is 28.2 Å². The van der Waals surface area contributed by atoms with Crippen molar-refractivity contribution in [3.05, 3.63) is 60.9 Å². The molecule has 2 heterocycles. The summed E-state index contributed by atoms with van der Waals surface area (Å²) in [4.78, 5) is 64.3. The van der Waals surface area contributed by atoms with Gasteiger partial charge in [0.2, 0.25) is 0 Å². The first-order chi connectivity index (χ1) is 16.3. The van der Waals surface area contributed by atoms with Crippen LogP contribution in [0.2, 0.25) is 0 Å². The Morgan fingerprint density at radius 1 is 1.23 bits per heavy atom. The second-order valence-electron chi connectivity index (χ2n) is 8.65. The Bertz CT molecular complexity index is 1460. The van der Waals surface area contributed by atoms with Gasteiger partial charge in [0.25, 0.3) is 5.56 Å². The summed E-state index contributed by atoms with van der Waals surface area (Å²) in [7, 11) is 2.48. The van der Waals surface area contributed by atoms with Crippen LogP contribution < -0.4 is 21.0 Å². The quantitative estimate of drug-likeness (QED) is 0.374. The number of Topliss-reactive ketones (excluding diaryl/α,β-unsaturated/α-hetero) is 1. The molecule has 0 bridgehead atoms. The van der Waals surface area contributed by atoms with Crippen molar-refractivity contribution >= 4 is 39.7 Å². The van der Waals surface area contributed by atoms with E-state index >= 15 is 0 Å². The molecule has 10 nitrogen and oxygen atoms in total. The van der Waals surface area contributed by atoms with E-state index in [1.165, 1.54) is 27.1 Å². The lowest BCUT2D eigenvalue weighted by Gasteiger charge is -2.25. The molecule has 3 aromatic rings. The van der Waals surface area contributed by atoms with Crippen LogP contribution in [-0.2, 0) is 11.3 Å². The minimum absolute atomic E-state index is 0.00823. The van der Waals surface area contributed by atoms with Crippen molar-refractivity contribution in [2.24, 2.45) is 0 Å². The Morgan fingerprint density at radius 3 is 2.46 bits per heavy atom. The number of ketones is 1. The van der Waals surface area contributed by atoms with Crippen LogP contribution in [0.25, 0.3) is 10.2 Å². The molecule has 0 spiro atoms. The van der Waals surface area contributed by atoms with Gasteiger partial charge < -0.3 is 9.47 Å². The van der Waals surface area contributed by atoms with Gasteiger partial charge in [0.1, 0.15) is 22.0 Å². The monoisotopic (exact) mass is 505 g/mol. The molecule has 186 valence electrons. The van der Waals surface area contributed by atoms with E-state index in [-0.39, 0.29) is 26.4 Å². The molecule has 0 radical (unpaired) electrons. The van der Waals surface area contributed by atoms with Gasteiger partial charge in [0, 0.05) is 7.05 Å². The molecule has 0 saturated heterocycles. The third-order valence-corrected chi connectivity index (χ3v) is 6.30. The fourth-order valence-corrected chi connectivity index (χ4v) is 4.51. The van der Waals surface area contributed by atoms with E-state index < -0.39 is 41.1 Å². The van der Waals surface area contributed by atoms with E-state index in [0.29, 0.717) is 21.5 Å². The minimum atomic E-state index is -1.02. The number of halogens is 1. The number of carbonyl (C=O) groups excluding carboxylic acids is 3. The molecule has 0 aliphatic carbocycles. The average Bonchev–Trinajstić information content (AvgIpc) is 3.11. The zero-order valence-corrected chi connectivity index (χ0v) is 20.8. The zero-order valence-electron chi connectivity index (χ0n) is 20.0. The summed E-state index contributed by atoms with van der Waals surface area (Å²) in [5.74, 6) is -1.28. The van der Waals surface area contributed by atoms with Crippen molar-refractivity contribution in [2.75, 3.05) is 19.2 Å². The van der Waals surface area contributed by atoms with Crippen LogP contribution in [0, 0.1) is 12.7 Å². The molecule has 1 amide bonds. The highest BCUT2D eigenvalue weighted by Gasteiger charge is 2.28. The predicted octanol–water partition coefficient (Wildman–Crippen LogP) is 2.88. The molecule has 0 saturated carbocycles. The maximum atomic E-state index is 13.8. The van der Waals surface area contributed by atoms with Crippen LogP contribution in [0.15, 0.2) is 27.8 Å². The van der Waals surface area contributed by atoms with Gasteiger partial charge in [-0.25, -0.2) is 19.0 Å². The summed E-state index contributed by atoms with van der Waals surface area (Å²) in [5.41, 5.74) is -2.61. The highest BCUT2D eigenvalue weighted by Crippen LogP contribution is 2.27. The fourth-order valence-electron chi connectivity index (χ4n) is 3.40. The van der Waals surface area contributed by atoms with Crippen LogP contribution in [-0.4, -0.2) is 47.2 Å². The van der Waals surface area contributed by atoms with E-state index in [9.17, 15) is 28.4 Å². The molecule has 2 aromatic heterocycles. The molecule has 0 unspecified atom stereocenters. The van der Waals surface area contributed by atoms with E-state index in [4.69, 9.17) is 9.47 Å². The third kappa shape index (κ3) is 4.87. The van der Waals surface area contributed by atoms with E-state index in [1.54, 1.807) is 20.8 Å². The molecular formula is C23H24FN3O7S. The standard InChI is InChI=1S/C23H24FN3O7S/c1-12-17(11-28)35-20-18(12)19(30)27(25(5)22(32)34-23(2,3)4)21(31)26(20)10-15(29)14-9-13(24)7-8-16(14)33-6/h7-9,11H,10H2,1-6H3. The number of ether oxygens (including phenoxy) is 2. The topological polar surface area (TPSA) is 117 Å². The minimum Gasteiger partial charge on any atom is -0.496 e. The number of aryl methyl sites for hydroxylation is 1. The Balaban J connectivity index is 2.27. The number of benzene rings is 1. The zero-order chi connectivity index (χ0) is 26.2. The van der Waals surface area contributed by atoms with Crippen molar-refractivity contribution in [3.8, 4) is 5.75 Å². The molecule has 0 aliphatic rings. The van der Waals surface area contributed by atoms with Crippen LogP contribution in [0.5, 0.6) is 5.75 Å². The number of thiophene rings is 1. The van der Waals surface area contributed by atoms with Crippen molar-refractivity contribution in [2.45, 2.75) is 39.8 Å². The Kier molecular flexibility index (Phi) is 6.97. The van der Waals surface area contributed by atoms with Gasteiger partial charge in [-0.15, -0.1) is 11.3 Å². The normalized spacial score (nSPS) is 11.4. The Morgan fingerprint density at radius 2 is 1.89 bits per heavy atom. The SMILES string of the molecule is COc1ccc(F)cc1C(=O)Cn1c(=O)n(N(C)C(=O)OC(C)(C)C)c(=O)c2c(C)c(C=O)sc21. The number of nitrogens with zero attached hydrogens (tertiary/aromatic N) is 3. The second kappa shape index (κ2) is 9.45. The summed E-state index contributed by atoms with van der Waals surface area (Å²) in [6.07, 6.45) is -0.447. The smallest absolute Gasteiger partial charge is 0.429 e. The maximum Gasteiger partial charge on any atom is 0.429 e. The molecule has 35 heavy (non-hydrogen) atoms. The van der Waals surface area contributed by atoms with E-state index in [2.05, 4.69) is 0 Å². The average molecular weight is 506 g/mol. The lowest BCUT2D eigenvalue weighted by molar-refractivity contribution is 0.0546. The number of hydrogen-bond acceptors (Lipinski definition) is 8. The fraction of sp³-hybridized carbons (Fsp3) is 0.348. The van der Waals surface area contributed by atoms with Crippen LogP contribution in [0.4, 0.5) is 9.18 Å². The third-order valence-electron chi connectivity index (χ3n) is 5.06. The first kappa shape index (κ1) is 25.8. The second-order valence-corrected chi connectivity index (χ2v) is 9.68. The van der Waals surface area contributed by atoms with E-state index in [1.807, 2.05) is 0 Å². The number of methoxy groups -OCH3 is 1. The van der Waals surface area contributed by atoms with Gasteiger partial charge in [0.15, 0.2) is 12.1 Å². The van der Waals surface area contributed by atoms with Crippen molar-refractivity contribution in [3.63, 3.8) is 0 Å². The first-order valence-electron chi connectivity index (χ1n) is 10.4. The lowest BCUT2D eigenvalue weighted by atomic mass is 10.1. The van der Waals surface area contributed by atoms with Gasteiger partial charge >= 0.3 is 11.8 Å². The van der Waals surface area contributed by atoms with Crippen LogP contribution in [0.1, 0.15) is 46.4 Å². The summed E-state index contributed by atoms with van der Waals surface area (Å²) >= 11 is 0.857. The molecule has 0 fully saturated rings. The van der Waals surface area contributed by atoms with Crippen molar-refractivity contribution in [1.29, 1.82) is 0 Å². The molecule has 0 aliphatic heterocycles.